The molecule has 3 aliphatic heterocycles. The highest BCUT2D eigenvalue weighted by molar-refractivity contribution is 6.00. The van der Waals surface area contributed by atoms with Crippen molar-refractivity contribution in [3.05, 3.63) is 47.5 Å². The van der Waals surface area contributed by atoms with Crippen molar-refractivity contribution in [3.8, 4) is 23.0 Å². The first-order chi connectivity index (χ1) is 20.0. The highest BCUT2D eigenvalue weighted by atomic mass is 16.7. The Balaban J connectivity index is 1.33. The second-order valence-corrected chi connectivity index (χ2v) is 10.2. The van der Waals surface area contributed by atoms with Gasteiger partial charge in [-0.15, -0.1) is 0 Å². The van der Waals surface area contributed by atoms with Gasteiger partial charge in [-0.1, -0.05) is 6.07 Å². The minimum absolute atomic E-state index is 0.0869. The first-order valence-corrected chi connectivity index (χ1v) is 13.1. The van der Waals surface area contributed by atoms with Crippen molar-refractivity contribution in [1.82, 2.24) is 0 Å². The van der Waals surface area contributed by atoms with Gasteiger partial charge in [0, 0.05) is 6.07 Å². The molecule has 0 radical (unpaired) electrons. The summed E-state index contributed by atoms with van der Waals surface area (Å²) in [6, 6.07) is 8.32. The highest BCUT2D eigenvalue weighted by Crippen LogP contribution is 2.40. The normalized spacial score (nSPS) is 36.6. The lowest BCUT2D eigenvalue weighted by Gasteiger charge is -2.39. The number of aliphatic hydroxyl groups is 8. The van der Waals surface area contributed by atoms with E-state index in [4.69, 9.17) is 23.7 Å². The smallest absolute Gasteiger partial charge is 0.229 e. The maximum atomic E-state index is 12.9. The van der Waals surface area contributed by atoms with Crippen LogP contribution < -0.4 is 14.2 Å². The number of hydrogen-bond acceptors (Lipinski definition) is 15. The van der Waals surface area contributed by atoms with Gasteiger partial charge in [0.25, 0.3) is 0 Å². The molecule has 15 nitrogen and oxygen atoms in total. The van der Waals surface area contributed by atoms with Gasteiger partial charge in [-0.2, -0.15) is 0 Å². The number of ether oxygens (including phenoxy) is 5. The number of hydrogen-bond donors (Lipinski definition) is 9. The van der Waals surface area contributed by atoms with Crippen LogP contribution in [0.5, 0.6) is 23.0 Å². The van der Waals surface area contributed by atoms with Gasteiger partial charge in [-0.3, -0.25) is 4.79 Å². The van der Waals surface area contributed by atoms with E-state index in [2.05, 4.69) is 0 Å². The number of Topliss-reactive ketones (excluding diaryl/α,β-unsaturated/α-hetero) is 1. The molecule has 11 atom stereocenters. The van der Waals surface area contributed by atoms with E-state index in [1.807, 2.05) is 0 Å². The zero-order valence-electron chi connectivity index (χ0n) is 21.9. The minimum Gasteiger partial charge on any atom is -0.504 e. The van der Waals surface area contributed by atoms with Gasteiger partial charge in [0.05, 0.1) is 25.2 Å². The molecule has 2 fully saturated rings. The maximum Gasteiger partial charge on any atom is 0.229 e. The van der Waals surface area contributed by atoms with Gasteiger partial charge in [-0.25, -0.2) is 0 Å². The molecule has 3 aliphatic rings. The monoisotopic (exact) mass is 596 g/mol. The standard InChI is InChI=1S/C27H32O15/c28-8-18-20(32)22(34)24(36)26(41-18)38-11-2-3-12-14(31)7-15(39-16(12)6-11)10-1-4-13(30)17(5-10)40-27-25(37)23(35)21(33)19(9-29)42-27/h1-6,15,18-30,32-37H,7-9H2/t15-,18+,19+,20+,21+,22+,23+,24+,25+,26+,27+/m1/s1. The van der Waals surface area contributed by atoms with Crippen LogP contribution in [0, 0.1) is 0 Å². The van der Waals surface area contributed by atoms with Gasteiger partial charge in [0.2, 0.25) is 12.6 Å². The number of benzene rings is 2. The second-order valence-electron chi connectivity index (χ2n) is 10.2. The molecule has 0 aromatic heterocycles. The van der Waals surface area contributed by atoms with E-state index in [0.717, 1.165) is 0 Å². The molecule has 0 amide bonds. The topological polar surface area (TPSA) is 245 Å². The summed E-state index contributed by atoms with van der Waals surface area (Å²) in [5, 5.41) is 89.7. The summed E-state index contributed by atoms with van der Waals surface area (Å²) < 4.78 is 27.9. The highest BCUT2D eigenvalue weighted by Gasteiger charge is 2.46. The minimum atomic E-state index is -1.72. The number of aliphatic hydroxyl groups excluding tert-OH is 8. The number of ketones is 1. The van der Waals surface area contributed by atoms with E-state index in [-0.39, 0.29) is 40.8 Å². The number of rotatable bonds is 7. The van der Waals surface area contributed by atoms with Crippen LogP contribution in [0.3, 0.4) is 0 Å². The molecule has 0 bridgehead atoms. The molecule has 9 N–H and O–H groups in total. The first kappa shape index (κ1) is 30.4. The molecule has 0 unspecified atom stereocenters. The van der Waals surface area contributed by atoms with Gasteiger partial charge in [-0.05, 0) is 29.8 Å². The maximum absolute atomic E-state index is 12.9. The Labute approximate surface area is 238 Å². The Hall–Kier alpha value is -3.09. The van der Waals surface area contributed by atoms with E-state index < -0.39 is 80.7 Å². The van der Waals surface area contributed by atoms with Gasteiger partial charge >= 0.3 is 0 Å². The number of aromatic hydroxyl groups is 1. The molecular formula is C27H32O15. The Morgan fingerprint density at radius 1 is 0.738 bits per heavy atom. The third-order valence-corrected chi connectivity index (χ3v) is 7.44. The number of phenols is 1. The van der Waals surface area contributed by atoms with E-state index in [1.54, 1.807) is 0 Å². The molecule has 0 spiro atoms. The predicted octanol–water partition coefficient (Wildman–Crippen LogP) is -2.54. The van der Waals surface area contributed by atoms with Crippen LogP contribution in [-0.4, -0.2) is 126 Å². The number of fused-ring (bicyclic) bond motifs is 1. The molecule has 3 heterocycles. The molecule has 2 aromatic carbocycles. The fourth-order valence-corrected chi connectivity index (χ4v) is 4.98. The molecule has 0 aliphatic carbocycles. The Bertz CT molecular complexity index is 1270. The largest absolute Gasteiger partial charge is 0.504 e. The first-order valence-electron chi connectivity index (χ1n) is 13.1. The van der Waals surface area contributed by atoms with E-state index in [9.17, 15) is 50.8 Å². The predicted molar refractivity (Wildman–Crippen MR) is 136 cm³/mol. The number of phenolic OH excluding ortho intramolecular Hbond substituents is 1. The number of carbonyl (C=O) groups excluding carboxylic acids is 1. The van der Waals surface area contributed by atoms with Gasteiger partial charge in [0.15, 0.2) is 17.3 Å². The summed E-state index contributed by atoms with van der Waals surface area (Å²) in [5.74, 6) is -0.649. The summed E-state index contributed by atoms with van der Waals surface area (Å²) in [6.45, 7) is -1.31. The van der Waals surface area contributed by atoms with Gasteiger partial charge < -0.3 is 69.6 Å². The molecule has 15 heteroatoms. The van der Waals surface area contributed by atoms with Crippen molar-refractivity contribution >= 4 is 5.78 Å². The van der Waals surface area contributed by atoms with Crippen LogP contribution in [0.1, 0.15) is 28.4 Å². The van der Waals surface area contributed by atoms with Crippen molar-refractivity contribution in [2.45, 2.75) is 73.9 Å². The van der Waals surface area contributed by atoms with Crippen molar-refractivity contribution in [2.24, 2.45) is 0 Å². The van der Waals surface area contributed by atoms with Crippen molar-refractivity contribution < 1.29 is 74.4 Å². The number of carbonyl (C=O) groups is 1. The van der Waals surface area contributed by atoms with E-state index in [0.29, 0.717) is 5.56 Å². The van der Waals surface area contributed by atoms with Crippen molar-refractivity contribution in [1.29, 1.82) is 0 Å². The molecular weight excluding hydrogens is 564 g/mol. The van der Waals surface area contributed by atoms with Crippen LogP contribution in [-0.2, 0) is 9.47 Å². The van der Waals surface area contributed by atoms with E-state index in [1.165, 1.54) is 36.4 Å². The van der Waals surface area contributed by atoms with Crippen LogP contribution in [0.4, 0.5) is 0 Å². The molecule has 5 rings (SSSR count). The zero-order valence-corrected chi connectivity index (χ0v) is 21.9. The summed E-state index contributed by atoms with van der Waals surface area (Å²) in [6.07, 6.45) is -16.2. The van der Waals surface area contributed by atoms with Crippen molar-refractivity contribution in [2.75, 3.05) is 13.2 Å². The lowest BCUT2D eigenvalue weighted by Crippen LogP contribution is -2.60. The van der Waals surface area contributed by atoms with Crippen LogP contribution in [0.15, 0.2) is 36.4 Å². The quantitative estimate of drug-likeness (QED) is 0.160. The lowest BCUT2D eigenvalue weighted by atomic mass is 9.96. The molecule has 230 valence electrons. The Morgan fingerprint density at radius 3 is 1.93 bits per heavy atom. The molecule has 42 heavy (non-hydrogen) atoms. The fourth-order valence-electron chi connectivity index (χ4n) is 4.98. The third kappa shape index (κ3) is 5.76. The Morgan fingerprint density at radius 2 is 1.33 bits per heavy atom. The lowest BCUT2D eigenvalue weighted by molar-refractivity contribution is -0.277. The van der Waals surface area contributed by atoms with Crippen molar-refractivity contribution in [3.63, 3.8) is 0 Å². The molecule has 2 saturated heterocycles. The van der Waals surface area contributed by atoms with Crippen LogP contribution in [0.25, 0.3) is 0 Å². The van der Waals surface area contributed by atoms with Crippen LogP contribution in [0.2, 0.25) is 0 Å². The fraction of sp³-hybridized carbons (Fsp3) is 0.519. The zero-order chi connectivity index (χ0) is 30.3. The SMILES string of the molecule is O=C1C[C@H](c2ccc(O)c(O[C@H]3O[C@@H](CO)[C@H](O)[C@H](O)[C@@H]3O)c2)Oc2cc(O[C@H]3O[C@@H](CO)[C@H](O)[C@H](O)[C@@H]3O)ccc21. The van der Waals surface area contributed by atoms with Gasteiger partial charge in [0.1, 0.15) is 66.4 Å². The second kappa shape index (κ2) is 12.3. The average molecular weight is 597 g/mol. The summed E-state index contributed by atoms with van der Waals surface area (Å²) in [4.78, 5) is 12.9. The average Bonchev–Trinajstić information content (AvgIpc) is 2.98. The van der Waals surface area contributed by atoms with Crippen LogP contribution >= 0.6 is 0 Å². The summed E-state index contributed by atoms with van der Waals surface area (Å²) >= 11 is 0. The molecule has 2 aromatic rings. The Kier molecular flexibility index (Phi) is 8.86. The summed E-state index contributed by atoms with van der Waals surface area (Å²) in [5.41, 5.74) is 0.621. The van der Waals surface area contributed by atoms with E-state index >= 15 is 0 Å². The third-order valence-electron chi connectivity index (χ3n) is 7.44. The summed E-state index contributed by atoms with van der Waals surface area (Å²) in [7, 11) is 0. The molecule has 0 saturated carbocycles.